The first kappa shape index (κ1) is 31.1. The maximum Gasteiger partial charge on any atom is 1.00 e. The van der Waals surface area contributed by atoms with Crippen molar-refractivity contribution < 1.29 is 47.6 Å². The van der Waals surface area contributed by atoms with Crippen molar-refractivity contribution in [3.8, 4) is 0 Å². The SMILES string of the molecule is CCCCCCCCC(CCCCCCCC(O)CCCCC)S(=O)(=O)[O-].[Na+]. The van der Waals surface area contributed by atoms with Crippen LogP contribution in [0.1, 0.15) is 129 Å². The van der Waals surface area contributed by atoms with Crippen LogP contribution in [0.2, 0.25) is 0 Å². The van der Waals surface area contributed by atoms with E-state index in [2.05, 4.69) is 13.8 Å². The van der Waals surface area contributed by atoms with Crippen molar-refractivity contribution in [3.05, 3.63) is 0 Å². The summed E-state index contributed by atoms with van der Waals surface area (Å²) >= 11 is 0. The van der Waals surface area contributed by atoms with Crippen molar-refractivity contribution in [2.24, 2.45) is 0 Å². The number of unbranched alkanes of at least 4 members (excludes halogenated alkanes) is 11. The molecule has 28 heavy (non-hydrogen) atoms. The van der Waals surface area contributed by atoms with E-state index < -0.39 is 15.4 Å². The molecule has 0 spiro atoms. The molecule has 2 atom stereocenters. The van der Waals surface area contributed by atoms with Gasteiger partial charge in [0.25, 0.3) is 0 Å². The minimum absolute atomic E-state index is 0. The van der Waals surface area contributed by atoms with E-state index in [0.717, 1.165) is 70.6 Å². The van der Waals surface area contributed by atoms with Crippen molar-refractivity contribution in [2.75, 3.05) is 0 Å². The summed E-state index contributed by atoms with van der Waals surface area (Å²) in [5.74, 6) is 0. The van der Waals surface area contributed by atoms with Crippen LogP contribution in [0, 0.1) is 0 Å². The predicted octanol–water partition coefficient (Wildman–Crippen LogP) is 3.33. The van der Waals surface area contributed by atoms with E-state index in [9.17, 15) is 18.1 Å². The monoisotopic (exact) mass is 428 g/mol. The molecule has 4 nitrogen and oxygen atoms in total. The fraction of sp³-hybridized carbons (Fsp3) is 1.00. The first-order chi connectivity index (χ1) is 12.9. The van der Waals surface area contributed by atoms with Crippen LogP contribution in [0.15, 0.2) is 0 Å². The topological polar surface area (TPSA) is 77.4 Å². The van der Waals surface area contributed by atoms with Gasteiger partial charge in [-0.05, 0) is 25.7 Å². The minimum Gasteiger partial charge on any atom is -0.748 e. The third-order valence-corrected chi connectivity index (χ3v) is 6.78. The molecular formula is C22H45NaO4S. The second-order valence-corrected chi connectivity index (χ2v) is 9.82. The van der Waals surface area contributed by atoms with Gasteiger partial charge in [-0.25, -0.2) is 8.42 Å². The van der Waals surface area contributed by atoms with Crippen molar-refractivity contribution in [1.82, 2.24) is 0 Å². The number of hydrogen-bond acceptors (Lipinski definition) is 4. The van der Waals surface area contributed by atoms with E-state index in [0.29, 0.717) is 12.8 Å². The van der Waals surface area contributed by atoms with E-state index in [1.54, 1.807) is 0 Å². The summed E-state index contributed by atoms with van der Waals surface area (Å²) < 4.78 is 34.4. The zero-order valence-corrected chi connectivity index (χ0v) is 21.8. The van der Waals surface area contributed by atoms with E-state index in [1.807, 2.05) is 0 Å². The zero-order valence-electron chi connectivity index (χ0n) is 19.0. The summed E-state index contributed by atoms with van der Waals surface area (Å²) in [6.45, 7) is 4.35. The maximum absolute atomic E-state index is 11.5. The van der Waals surface area contributed by atoms with Gasteiger partial charge in [0.05, 0.1) is 16.2 Å². The number of aliphatic hydroxyl groups excluding tert-OH is 1. The molecule has 0 aromatic heterocycles. The zero-order chi connectivity index (χ0) is 20.4. The van der Waals surface area contributed by atoms with Crippen molar-refractivity contribution >= 4 is 10.1 Å². The Balaban J connectivity index is 0. The van der Waals surface area contributed by atoms with Crippen LogP contribution in [0.25, 0.3) is 0 Å². The molecule has 0 aliphatic rings. The van der Waals surface area contributed by atoms with Crippen molar-refractivity contribution in [2.45, 2.75) is 141 Å². The summed E-state index contributed by atoms with van der Waals surface area (Å²) in [7, 11) is -4.17. The molecule has 0 aromatic carbocycles. The Hall–Kier alpha value is 0.870. The quantitative estimate of drug-likeness (QED) is 0.183. The molecule has 6 heteroatoms. The summed E-state index contributed by atoms with van der Waals surface area (Å²) in [4.78, 5) is 0. The van der Waals surface area contributed by atoms with Crippen molar-refractivity contribution in [3.63, 3.8) is 0 Å². The van der Waals surface area contributed by atoms with Gasteiger partial charge < -0.3 is 9.66 Å². The molecule has 0 heterocycles. The molecule has 0 aromatic rings. The molecule has 0 saturated carbocycles. The fourth-order valence-electron chi connectivity index (χ4n) is 3.64. The Bertz CT molecular complexity index is 415. The Morgan fingerprint density at radius 1 is 0.643 bits per heavy atom. The number of rotatable bonds is 20. The molecule has 1 N–H and O–H groups in total. The maximum atomic E-state index is 11.5. The van der Waals surface area contributed by atoms with Crippen LogP contribution >= 0.6 is 0 Å². The van der Waals surface area contributed by atoms with Gasteiger partial charge in [0.15, 0.2) is 0 Å². The second kappa shape index (κ2) is 21.1. The van der Waals surface area contributed by atoms with Crippen LogP contribution in [0.4, 0.5) is 0 Å². The third kappa shape index (κ3) is 20.2. The molecular weight excluding hydrogens is 383 g/mol. The van der Waals surface area contributed by atoms with Gasteiger partial charge in [0.1, 0.15) is 0 Å². The number of hydrogen-bond donors (Lipinski definition) is 1. The standard InChI is InChI=1S/C22H46O4S.Na/c1-3-5-7-8-11-15-19-22(27(24,25)26)20-16-12-9-10-14-18-21(23)17-13-6-4-2;/h21-23H,3-20H2,1-2H3,(H,24,25,26);/q;+1/p-1. The average Bonchev–Trinajstić information content (AvgIpc) is 2.61. The number of aliphatic hydroxyl groups is 1. The molecule has 0 bridgehead atoms. The third-order valence-electron chi connectivity index (χ3n) is 5.49. The van der Waals surface area contributed by atoms with Gasteiger partial charge in [-0.2, -0.15) is 0 Å². The first-order valence-electron chi connectivity index (χ1n) is 11.5. The molecule has 0 aliphatic heterocycles. The molecule has 2 unspecified atom stereocenters. The Morgan fingerprint density at radius 2 is 0.964 bits per heavy atom. The van der Waals surface area contributed by atoms with Gasteiger partial charge in [-0.1, -0.05) is 104 Å². The van der Waals surface area contributed by atoms with E-state index in [4.69, 9.17) is 0 Å². The summed E-state index contributed by atoms with van der Waals surface area (Å²) in [6, 6.07) is 0. The predicted molar refractivity (Wildman–Crippen MR) is 114 cm³/mol. The van der Waals surface area contributed by atoms with E-state index in [-0.39, 0.29) is 35.7 Å². The van der Waals surface area contributed by atoms with Crippen LogP contribution < -0.4 is 29.6 Å². The molecule has 0 saturated heterocycles. The van der Waals surface area contributed by atoms with Gasteiger partial charge >= 0.3 is 29.6 Å². The smallest absolute Gasteiger partial charge is 0.748 e. The van der Waals surface area contributed by atoms with E-state index >= 15 is 0 Å². The van der Waals surface area contributed by atoms with Gasteiger partial charge in [0.2, 0.25) is 0 Å². The summed E-state index contributed by atoms with van der Waals surface area (Å²) in [5, 5.41) is 9.20. The van der Waals surface area contributed by atoms with Gasteiger partial charge in [0, 0.05) is 5.25 Å². The van der Waals surface area contributed by atoms with Crippen molar-refractivity contribution in [1.29, 1.82) is 0 Å². The van der Waals surface area contributed by atoms with E-state index in [1.165, 1.54) is 32.1 Å². The Labute approximate surface area is 197 Å². The summed E-state index contributed by atoms with van der Waals surface area (Å²) in [5.41, 5.74) is 0. The molecule has 0 amide bonds. The largest absolute Gasteiger partial charge is 1.00 e. The summed E-state index contributed by atoms with van der Waals surface area (Å²) in [6.07, 6.45) is 17.8. The molecule has 164 valence electrons. The fourth-order valence-corrected chi connectivity index (χ4v) is 4.55. The Morgan fingerprint density at radius 3 is 1.39 bits per heavy atom. The Kier molecular flexibility index (Phi) is 23.4. The second-order valence-electron chi connectivity index (χ2n) is 8.17. The van der Waals surface area contributed by atoms with Crippen LogP contribution in [-0.4, -0.2) is 29.4 Å². The molecule has 0 fully saturated rings. The minimum atomic E-state index is -4.17. The van der Waals surface area contributed by atoms with Crippen LogP contribution in [0.5, 0.6) is 0 Å². The van der Waals surface area contributed by atoms with Crippen LogP contribution in [-0.2, 0) is 10.1 Å². The first-order valence-corrected chi connectivity index (χ1v) is 13.0. The van der Waals surface area contributed by atoms with Gasteiger partial charge in [-0.3, -0.25) is 0 Å². The normalized spacial score (nSPS) is 13.9. The molecule has 0 radical (unpaired) electrons. The van der Waals surface area contributed by atoms with Crippen LogP contribution in [0.3, 0.4) is 0 Å². The van der Waals surface area contributed by atoms with Gasteiger partial charge in [-0.15, -0.1) is 0 Å². The molecule has 0 rings (SSSR count). The average molecular weight is 429 g/mol. The molecule has 0 aliphatic carbocycles.